The van der Waals surface area contributed by atoms with E-state index in [0.717, 1.165) is 51.5 Å². The van der Waals surface area contributed by atoms with Gasteiger partial charge in [0.2, 0.25) is 0 Å². The lowest BCUT2D eigenvalue weighted by Gasteiger charge is -2.39. The zero-order valence-electron chi connectivity index (χ0n) is 16.9. The lowest BCUT2D eigenvalue weighted by Crippen LogP contribution is -2.50. The SMILES string of the molecule is CNC(=O)c1nn(CC2CCCCC2)c2c1C[C@@H](NCC1(C)COC1)CC2. The lowest BCUT2D eigenvalue weighted by molar-refractivity contribution is -0.100. The first-order valence-corrected chi connectivity index (χ1v) is 10.7. The minimum Gasteiger partial charge on any atom is -0.380 e. The number of rotatable bonds is 6. The van der Waals surface area contributed by atoms with E-state index in [1.54, 1.807) is 7.05 Å². The Morgan fingerprint density at radius 1 is 1.26 bits per heavy atom. The second-order valence-corrected chi connectivity index (χ2v) is 9.16. The van der Waals surface area contributed by atoms with Crippen LogP contribution in [-0.4, -0.2) is 48.5 Å². The molecule has 0 bridgehead atoms. The lowest BCUT2D eigenvalue weighted by atomic mass is 9.86. The molecule has 1 atom stereocenters. The van der Waals surface area contributed by atoms with Gasteiger partial charge in [-0.15, -0.1) is 0 Å². The molecule has 1 aromatic heterocycles. The first-order valence-electron chi connectivity index (χ1n) is 10.7. The smallest absolute Gasteiger partial charge is 0.271 e. The average molecular weight is 375 g/mol. The Labute approximate surface area is 162 Å². The molecule has 27 heavy (non-hydrogen) atoms. The van der Waals surface area contributed by atoms with Crippen molar-refractivity contribution < 1.29 is 9.53 Å². The van der Waals surface area contributed by atoms with Gasteiger partial charge in [-0.05, 0) is 38.0 Å². The summed E-state index contributed by atoms with van der Waals surface area (Å²) in [4.78, 5) is 12.4. The summed E-state index contributed by atoms with van der Waals surface area (Å²) in [5, 5.41) is 11.3. The molecular formula is C21H34N4O2. The number of carbonyl (C=O) groups excluding carboxylic acids is 1. The number of ether oxygens (including phenoxy) is 1. The minimum absolute atomic E-state index is 0.0475. The molecule has 0 spiro atoms. The summed E-state index contributed by atoms with van der Waals surface area (Å²) in [6, 6.07) is 0.422. The first kappa shape index (κ1) is 18.9. The van der Waals surface area contributed by atoms with Gasteiger partial charge in [-0.25, -0.2) is 0 Å². The van der Waals surface area contributed by atoms with Gasteiger partial charge in [0.15, 0.2) is 5.69 Å². The number of aromatic nitrogens is 2. The Morgan fingerprint density at radius 2 is 2.04 bits per heavy atom. The molecule has 6 nitrogen and oxygen atoms in total. The standard InChI is InChI=1S/C21H34N4O2/c1-21(13-27-14-21)12-23-16-8-9-18-17(10-16)19(20(26)22-2)24-25(18)11-15-6-4-3-5-7-15/h15-16,23H,3-14H2,1-2H3,(H,22,26)/t16-/m0/s1. The maximum Gasteiger partial charge on any atom is 0.271 e. The van der Waals surface area contributed by atoms with Crippen molar-refractivity contribution in [1.82, 2.24) is 20.4 Å². The van der Waals surface area contributed by atoms with Crippen molar-refractivity contribution in [2.24, 2.45) is 11.3 Å². The Hall–Kier alpha value is -1.40. The van der Waals surface area contributed by atoms with Crippen molar-refractivity contribution in [3.05, 3.63) is 17.0 Å². The summed E-state index contributed by atoms with van der Waals surface area (Å²) >= 11 is 0. The van der Waals surface area contributed by atoms with Crippen molar-refractivity contribution in [2.45, 2.75) is 70.9 Å². The Morgan fingerprint density at radius 3 is 2.70 bits per heavy atom. The van der Waals surface area contributed by atoms with E-state index in [9.17, 15) is 4.79 Å². The molecule has 1 aromatic rings. The third-order valence-electron chi connectivity index (χ3n) is 6.66. The summed E-state index contributed by atoms with van der Waals surface area (Å²) in [6.45, 7) is 5.93. The largest absolute Gasteiger partial charge is 0.380 e. The van der Waals surface area contributed by atoms with E-state index < -0.39 is 0 Å². The second kappa shape index (κ2) is 7.92. The molecule has 3 aliphatic rings. The van der Waals surface area contributed by atoms with Gasteiger partial charge in [0.05, 0.1) is 13.2 Å². The van der Waals surface area contributed by atoms with E-state index in [-0.39, 0.29) is 11.3 Å². The molecule has 6 heteroatoms. The summed E-state index contributed by atoms with van der Waals surface area (Å²) in [5.41, 5.74) is 3.39. The van der Waals surface area contributed by atoms with Crippen LogP contribution in [0.5, 0.6) is 0 Å². The van der Waals surface area contributed by atoms with E-state index in [4.69, 9.17) is 9.84 Å². The number of carbonyl (C=O) groups is 1. The van der Waals surface area contributed by atoms with Crippen LogP contribution in [0.3, 0.4) is 0 Å². The molecule has 1 amide bonds. The molecular weight excluding hydrogens is 340 g/mol. The fourth-order valence-corrected chi connectivity index (χ4v) is 4.87. The maximum atomic E-state index is 12.4. The third kappa shape index (κ3) is 4.06. The van der Waals surface area contributed by atoms with Crippen LogP contribution in [0.4, 0.5) is 0 Å². The van der Waals surface area contributed by atoms with Crippen molar-refractivity contribution in [2.75, 3.05) is 26.8 Å². The predicted octanol–water partition coefficient (Wildman–Crippen LogP) is 2.31. The molecule has 2 fully saturated rings. The number of amides is 1. The van der Waals surface area contributed by atoms with E-state index in [0.29, 0.717) is 11.7 Å². The van der Waals surface area contributed by atoms with Gasteiger partial charge in [-0.1, -0.05) is 26.2 Å². The molecule has 1 saturated heterocycles. The molecule has 2 heterocycles. The van der Waals surface area contributed by atoms with Crippen LogP contribution in [0, 0.1) is 11.3 Å². The number of nitrogens with zero attached hydrogens (tertiary/aromatic N) is 2. The monoisotopic (exact) mass is 374 g/mol. The van der Waals surface area contributed by atoms with Crippen molar-refractivity contribution in [3.8, 4) is 0 Å². The molecule has 0 radical (unpaired) electrons. The normalized spacial score (nSPS) is 24.9. The average Bonchev–Trinajstić information content (AvgIpc) is 3.03. The molecule has 0 aromatic carbocycles. The van der Waals surface area contributed by atoms with Gasteiger partial charge >= 0.3 is 0 Å². The van der Waals surface area contributed by atoms with Crippen LogP contribution in [-0.2, 0) is 24.1 Å². The van der Waals surface area contributed by atoms with Crippen LogP contribution in [0.25, 0.3) is 0 Å². The summed E-state index contributed by atoms with van der Waals surface area (Å²) in [5.74, 6) is 0.670. The predicted molar refractivity (Wildman–Crippen MR) is 105 cm³/mol. The second-order valence-electron chi connectivity index (χ2n) is 9.16. The van der Waals surface area contributed by atoms with Gasteiger partial charge in [0, 0.05) is 42.9 Å². The van der Waals surface area contributed by atoms with E-state index in [1.807, 2.05) is 0 Å². The van der Waals surface area contributed by atoms with Gasteiger partial charge in [0.1, 0.15) is 0 Å². The number of nitrogens with one attached hydrogen (secondary N) is 2. The topological polar surface area (TPSA) is 68.2 Å². The summed E-state index contributed by atoms with van der Waals surface area (Å²) in [7, 11) is 1.70. The highest BCUT2D eigenvalue weighted by Gasteiger charge is 2.35. The number of hydrogen-bond acceptors (Lipinski definition) is 4. The Bertz CT molecular complexity index is 674. The third-order valence-corrected chi connectivity index (χ3v) is 6.66. The fourth-order valence-electron chi connectivity index (χ4n) is 4.87. The zero-order chi connectivity index (χ0) is 18.9. The minimum atomic E-state index is -0.0475. The van der Waals surface area contributed by atoms with Gasteiger partial charge in [0.25, 0.3) is 5.91 Å². The van der Waals surface area contributed by atoms with E-state index in [2.05, 4.69) is 22.2 Å². The Kier molecular flexibility index (Phi) is 5.55. The molecule has 2 N–H and O–H groups in total. The van der Waals surface area contributed by atoms with Gasteiger partial charge in [-0.3, -0.25) is 9.48 Å². The zero-order valence-corrected chi connectivity index (χ0v) is 16.9. The quantitative estimate of drug-likeness (QED) is 0.802. The first-order chi connectivity index (χ1) is 13.1. The fraction of sp³-hybridized carbons (Fsp3) is 0.810. The Balaban J connectivity index is 1.48. The van der Waals surface area contributed by atoms with Crippen LogP contribution < -0.4 is 10.6 Å². The van der Waals surface area contributed by atoms with Crippen molar-refractivity contribution in [1.29, 1.82) is 0 Å². The van der Waals surface area contributed by atoms with Crippen LogP contribution in [0.1, 0.15) is 67.2 Å². The highest BCUT2D eigenvalue weighted by atomic mass is 16.5. The summed E-state index contributed by atoms with van der Waals surface area (Å²) in [6.07, 6.45) is 9.68. The molecule has 1 aliphatic heterocycles. The number of fused-ring (bicyclic) bond motifs is 1. The molecule has 4 rings (SSSR count). The maximum absolute atomic E-state index is 12.4. The van der Waals surface area contributed by atoms with Crippen LogP contribution >= 0.6 is 0 Å². The van der Waals surface area contributed by atoms with Crippen molar-refractivity contribution >= 4 is 5.91 Å². The summed E-state index contributed by atoms with van der Waals surface area (Å²) < 4.78 is 7.54. The van der Waals surface area contributed by atoms with Crippen LogP contribution in [0.2, 0.25) is 0 Å². The van der Waals surface area contributed by atoms with E-state index in [1.165, 1.54) is 43.4 Å². The number of hydrogen-bond donors (Lipinski definition) is 2. The van der Waals surface area contributed by atoms with Gasteiger partial charge < -0.3 is 15.4 Å². The highest BCUT2D eigenvalue weighted by Crippen LogP contribution is 2.30. The van der Waals surface area contributed by atoms with Crippen molar-refractivity contribution in [3.63, 3.8) is 0 Å². The molecule has 0 unspecified atom stereocenters. The molecule has 2 aliphatic carbocycles. The van der Waals surface area contributed by atoms with Crippen LogP contribution in [0.15, 0.2) is 0 Å². The van der Waals surface area contributed by atoms with Gasteiger partial charge in [-0.2, -0.15) is 5.10 Å². The van der Waals surface area contributed by atoms with E-state index >= 15 is 0 Å². The molecule has 150 valence electrons. The molecule has 1 saturated carbocycles. The highest BCUT2D eigenvalue weighted by molar-refractivity contribution is 5.93.